The first-order valence-corrected chi connectivity index (χ1v) is 6.23. The fourth-order valence-corrected chi connectivity index (χ4v) is 2.34. The number of fused-ring (bicyclic) bond motifs is 3. The van der Waals surface area contributed by atoms with Crippen molar-refractivity contribution in [1.82, 2.24) is 0 Å². The summed E-state index contributed by atoms with van der Waals surface area (Å²) in [4.78, 5) is 21.9. The summed E-state index contributed by atoms with van der Waals surface area (Å²) in [7, 11) is 1.33. The lowest BCUT2D eigenvalue weighted by Crippen LogP contribution is -2.09. The van der Waals surface area contributed by atoms with Crippen molar-refractivity contribution < 1.29 is 19.2 Å². The Morgan fingerprint density at radius 3 is 2.71 bits per heavy atom. The van der Waals surface area contributed by atoms with Crippen molar-refractivity contribution in [2.75, 3.05) is 7.11 Å². The molecule has 21 heavy (non-hydrogen) atoms. The minimum atomic E-state index is -0.459. The average Bonchev–Trinajstić information content (AvgIpc) is 2.52. The second kappa shape index (κ2) is 4.90. The van der Waals surface area contributed by atoms with Crippen molar-refractivity contribution in [2.45, 2.75) is 6.61 Å². The van der Waals surface area contributed by atoms with E-state index in [9.17, 15) is 14.9 Å². The largest absolute Gasteiger partial charge is 0.488 e. The smallest absolute Gasteiger partial charge is 0.337 e. The maximum Gasteiger partial charge on any atom is 0.337 e. The number of non-ortho nitro benzene ring substituents is 1. The third kappa shape index (κ3) is 2.20. The van der Waals surface area contributed by atoms with Gasteiger partial charge in [0, 0.05) is 11.6 Å². The van der Waals surface area contributed by atoms with E-state index < -0.39 is 10.9 Å². The lowest BCUT2D eigenvalue weighted by Gasteiger charge is -2.21. The fourth-order valence-electron chi connectivity index (χ4n) is 2.34. The Balaban J connectivity index is 2.07. The number of hydrogen-bond donors (Lipinski definition) is 0. The highest BCUT2D eigenvalue weighted by atomic mass is 16.6. The number of nitro benzene ring substituents is 1. The number of esters is 1. The molecule has 0 saturated carbocycles. The van der Waals surface area contributed by atoms with Gasteiger partial charge < -0.3 is 9.47 Å². The molecular weight excluding hydrogens is 274 g/mol. The normalized spacial score (nSPS) is 11.9. The molecule has 1 aliphatic heterocycles. The average molecular weight is 285 g/mol. The van der Waals surface area contributed by atoms with Crippen LogP contribution in [0, 0.1) is 10.1 Å². The van der Waals surface area contributed by atoms with Gasteiger partial charge in [-0.3, -0.25) is 10.1 Å². The van der Waals surface area contributed by atoms with Crippen molar-refractivity contribution >= 4 is 11.7 Å². The molecule has 0 atom stereocenters. The summed E-state index contributed by atoms with van der Waals surface area (Å²) >= 11 is 0. The first-order valence-electron chi connectivity index (χ1n) is 6.23. The summed E-state index contributed by atoms with van der Waals surface area (Å²) in [6.07, 6.45) is 0. The molecule has 0 bridgehead atoms. The molecule has 6 heteroatoms. The first kappa shape index (κ1) is 13.1. The van der Waals surface area contributed by atoms with E-state index in [1.807, 2.05) is 0 Å². The number of carbonyl (C=O) groups excluding carboxylic acids is 1. The summed E-state index contributed by atoms with van der Waals surface area (Å²) in [6, 6.07) is 9.68. The summed E-state index contributed by atoms with van der Waals surface area (Å²) in [5, 5.41) is 10.8. The van der Waals surface area contributed by atoms with Gasteiger partial charge in [-0.1, -0.05) is 6.07 Å². The van der Waals surface area contributed by atoms with Crippen LogP contribution in [0.15, 0.2) is 36.4 Å². The molecule has 0 radical (unpaired) electrons. The lowest BCUT2D eigenvalue weighted by molar-refractivity contribution is -0.384. The number of hydrogen-bond acceptors (Lipinski definition) is 5. The van der Waals surface area contributed by atoms with Gasteiger partial charge in [0.05, 0.1) is 23.7 Å². The van der Waals surface area contributed by atoms with Crippen LogP contribution in [-0.2, 0) is 11.3 Å². The van der Waals surface area contributed by atoms with Crippen molar-refractivity contribution in [2.24, 2.45) is 0 Å². The van der Waals surface area contributed by atoms with Gasteiger partial charge in [-0.2, -0.15) is 0 Å². The molecule has 1 aliphatic rings. The van der Waals surface area contributed by atoms with Crippen molar-refractivity contribution in [3.8, 4) is 16.9 Å². The van der Waals surface area contributed by atoms with Gasteiger partial charge in [-0.25, -0.2) is 4.79 Å². The van der Waals surface area contributed by atoms with Crippen LogP contribution in [0.2, 0.25) is 0 Å². The monoisotopic (exact) mass is 285 g/mol. The SMILES string of the molecule is COC(=O)c1ccc2c(c1)COc1cc([N+](=O)[O-])ccc1-2. The highest BCUT2D eigenvalue weighted by Gasteiger charge is 2.21. The van der Waals surface area contributed by atoms with Crippen LogP contribution in [0.3, 0.4) is 0 Å². The molecule has 0 unspecified atom stereocenters. The molecular formula is C15H11NO5. The minimum absolute atomic E-state index is 0.0108. The second-order valence-corrected chi connectivity index (χ2v) is 4.59. The quantitative estimate of drug-likeness (QED) is 0.481. The zero-order chi connectivity index (χ0) is 15.0. The van der Waals surface area contributed by atoms with E-state index in [1.54, 1.807) is 24.3 Å². The third-order valence-electron chi connectivity index (χ3n) is 3.38. The number of nitrogens with zero attached hydrogens (tertiary/aromatic N) is 1. The Hall–Kier alpha value is -2.89. The molecule has 1 heterocycles. The van der Waals surface area contributed by atoms with E-state index in [0.29, 0.717) is 11.3 Å². The van der Waals surface area contributed by atoms with Gasteiger partial charge in [0.15, 0.2) is 0 Å². The summed E-state index contributed by atoms with van der Waals surface area (Å²) in [5.74, 6) is 0.0646. The molecule has 0 spiro atoms. The van der Waals surface area contributed by atoms with Crippen LogP contribution in [0.1, 0.15) is 15.9 Å². The Morgan fingerprint density at radius 2 is 2.00 bits per heavy atom. The Morgan fingerprint density at radius 1 is 1.24 bits per heavy atom. The number of ether oxygens (including phenoxy) is 2. The van der Waals surface area contributed by atoms with E-state index in [4.69, 9.17) is 4.74 Å². The van der Waals surface area contributed by atoms with Crippen molar-refractivity contribution in [3.63, 3.8) is 0 Å². The van der Waals surface area contributed by atoms with Crippen molar-refractivity contribution in [3.05, 3.63) is 57.6 Å². The van der Waals surface area contributed by atoms with Gasteiger partial charge in [-0.15, -0.1) is 0 Å². The van der Waals surface area contributed by atoms with Gasteiger partial charge >= 0.3 is 5.97 Å². The van der Waals surface area contributed by atoms with E-state index in [1.165, 1.54) is 19.2 Å². The highest BCUT2D eigenvalue weighted by molar-refractivity contribution is 5.91. The van der Waals surface area contributed by atoms with Crippen LogP contribution in [-0.4, -0.2) is 18.0 Å². The third-order valence-corrected chi connectivity index (χ3v) is 3.38. The van der Waals surface area contributed by atoms with Gasteiger partial charge in [0.2, 0.25) is 0 Å². The van der Waals surface area contributed by atoms with E-state index >= 15 is 0 Å². The molecule has 2 aromatic carbocycles. The van der Waals surface area contributed by atoms with Gasteiger partial charge in [0.25, 0.3) is 5.69 Å². The molecule has 0 saturated heterocycles. The number of nitro groups is 1. The zero-order valence-corrected chi connectivity index (χ0v) is 11.2. The predicted octanol–water partition coefficient (Wildman–Crippen LogP) is 2.94. The molecule has 106 valence electrons. The Labute approximate surface area is 120 Å². The fraction of sp³-hybridized carbons (Fsp3) is 0.133. The van der Waals surface area contributed by atoms with Crippen LogP contribution >= 0.6 is 0 Å². The molecule has 2 aromatic rings. The van der Waals surface area contributed by atoms with Crippen molar-refractivity contribution in [1.29, 1.82) is 0 Å². The minimum Gasteiger partial charge on any atom is -0.488 e. The topological polar surface area (TPSA) is 78.7 Å². The van der Waals surface area contributed by atoms with Gasteiger partial charge in [0.1, 0.15) is 12.4 Å². The van der Waals surface area contributed by atoms with Crippen LogP contribution in [0.5, 0.6) is 5.75 Å². The molecule has 3 rings (SSSR count). The Kier molecular flexibility index (Phi) is 3.06. The highest BCUT2D eigenvalue weighted by Crippen LogP contribution is 2.39. The maximum absolute atomic E-state index is 11.5. The van der Waals surface area contributed by atoms with Crippen LogP contribution < -0.4 is 4.74 Å². The predicted molar refractivity (Wildman–Crippen MR) is 74.2 cm³/mol. The molecule has 0 amide bonds. The van der Waals surface area contributed by atoms with E-state index in [0.717, 1.165) is 16.7 Å². The number of methoxy groups -OCH3 is 1. The molecule has 0 N–H and O–H groups in total. The molecule has 0 aliphatic carbocycles. The second-order valence-electron chi connectivity index (χ2n) is 4.59. The van der Waals surface area contributed by atoms with Gasteiger partial charge in [-0.05, 0) is 29.3 Å². The summed E-state index contributed by atoms with van der Waals surface area (Å²) < 4.78 is 10.2. The number of rotatable bonds is 2. The molecule has 0 fully saturated rings. The zero-order valence-electron chi connectivity index (χ0n) is 11.2. The number of benzene rings is 2. The number of carbonyl (C=O) groups is 1. The Bertz CT molecular complexity index is 754. The van der Waals surface area contributed by atoms with E-state index in [-0.39, 0.29) is 12.3 Å². The van der Waals surface area contributed by atoms with Crippen LogP contribution in [0.25, 0.3) is 11.1 Å². The first-order chi connectivity index (χ1) is 10.1. The summed E-state index contributed by atoms with van der Waals surface area (Å²) in [5.41, 5.74) is 2.96. The summed E-state index contributed by atoms with van der Waals surface area (Å²) in [6.45, 7) is 0.258. The molecule has 0 aromatic heterocycles. The lowest BCUT2D eigenvalue weighted by atomic mass is 9.95. The van der Waals surface area contributed by atoms with E-state index in [2.05, 4.69) is 4.74 Å². The standard InChI is InChI=1S/C15H11NO5/c1-20-15(17)9-2-4-12-10(6-9)8-21-14-7-11(16(18)19)3-5-13(12)14/h2-7H,8H2,1H3. The maximum atomic E-state index is 11.5. The van der Waals surface area contributed by atoms with Crippen LogP contribution in [0.4, 0.5) is 5.69 Å². The molecule has 6 nitrogen and oxygen atoms in total.